The van der Waals surface area contributed by atoms with Gasteiger partial charge in [0.25, 0.3) is 5.69 Å². The molecule has 0 unspecified atom stereocenters. The van der Waals surface area contributed by atoms with Gasteiger partial charge in [-0.3, -0.25) is 15.1 Å². The van der Waals surface area contributed by atoms with Crippen LogP contribution in [-0.4, -0.2) is 9.91 Å². The second kappa shape index (κ2) is 2.95. The summed E-state index contributed by atoms with van der Waals surface area (Å²) < 4.78 is 0. The lowest BCUT2D eigenvalue weighted by atomic mass is 10.1. The van der Waals surface area contributed by atoms with Gasteiger partial charge in [-0.05, 0) is 6.07 Å². The lowest BCUT2D eigenvalue weighted by Gasteiger charge is -1.99. The number of aromatic nitrogens is 1. The van der Waals surface area contributed by atoms with Crippen LogP contribution in [0.5, 0.6) is 0 Å². The fourth-order valence-electron chi connectivity index (χ4n) is 1.30. The number of nitrogens with two attached hydrogens (primary N) is 1. The van der Waals surface area contributed by atoms with Crippen molar-refractivity contribution in [1.29, 1.82) is 0 Å². The summed E-state index contributed by atoms with van der Waals surface area (Å²) in [5.74, 6) is 0. The molecule has 2 rings (SSSR count). The van der Waals surface area contributed by atoms with Gasteiger partial charge in [0.15, 0.2) is 0 Å². The number of hydrogen-bond acceptors (Lipinski definition) is 4. The lowest BCUT2D eigenvalue weighted by molar-refractivity contribution is -0.384. The van der Waals surface area contributed by atoms with Gasteiger partial charge >= 0.3 is 0 Å². The Morgan fingerprint density at radius 1 is 1.36 bits per heavy atom. The van der Waals surface area contributed by atoms with E-state index in [2.05, 4.69) is 4.98 Å². The SMILES string of the molecule is Nc1cncc2cc([N+](=O)[O-])ccc12. The largest absolute Gasteiger partial charge is 0.397 e. The normalized spacial score (nSPS) is 10.3. The molecule has 0 bridgehead atoms. The number of nitro groups is 1. The molecule has 70 valence electrons. The smallest absolute Gasteiger partial charge is 0.270 e. The van der Waals surface area contributed by atoms with E-state index in [1.165, 1.54) is 18.3 Å². The zero-order valence-corrected chi connectivity index (χ0v) is 7.18. The molecular formula is C9H7N3O2. The van der Waals surface area contributed by atoms with Crippen LogP contribution < -0.4 is 5.73 Å². The number of anilines is 1. The first-order chi connectivity index (χ1) is 6.68. The molecule has 0 saturated heterocycles. The Morgan fingerprint density at radius 3 is 2.86 bits per heavy atom. The van der Waals surface area contributed by atoms with Crippen LogP contribution in [0.4, 0.5) is 11.4 Å². The number of nitrogens with zero attached hydrogens (tertiary/aromatic N) is 2. The van der Waals surface area contributed by atoms with Crippen LogP contribution in [-0.2, 0) is 0 Å². The molecular weight excluding hydrogens is 182 g/mol. The van der Waals surface area contributed by atoms with Crippen molar-refractivity contribution in [3.05, 3.63) is 40.7 Å². The number of non-ortho nitro benzene ring substituents is 1. The van der Waals surface area contributed by atoms with Crippen molar-refractivity contribution in [2.75, 3.05) is 5.73 Å². The maximum absolute atomic E-state index is 10.5. The van der Waals surface area contributed by atoms with Gasteiger partial charge in [-0.15, -0.1) is 0 Å². The standard InChI is InChI=1S/C9H7N3O2/c10-9-5-11-4-6-3-7(12(13)14)1-2-8(6)9/h1-5H,10H2. The summed E-state index contributed by atoms with van der Waals surface area (Å²) in [5, 5.41) is 11.9. The third kappa shape index (κ3) is 1.24. The van der Waals surface area contributed by atoms with E-state index in [4.69, 9.17) is 5.73 Å². The molecule has 0 aliphatic carbocycles. The average Bonchev–Trinajstić information content (AvgIpc) is 2.17. The van der Waals surface area contributed by atoms with Gasteiger partial charge in [-0.2, -0.15) is 0 Å². The molecule has 5 nitrogen and oxygen atoms in total. The van der Waals surface area contributed by atoms with Crippen LogP contribution in [0.15, 0.2) is 30.6 Å². The Balaban J connectivity index is 2.73. The van der Waals surface area contributed by atoms with Gasteiger partial charge < -0.3 is 5.73 Å². The molecule has 1 aromatic heterocycles. The van der Waals surface area contributed by atoms with Gasteiger partial charge in [-0.1, -0.05) is 0 Å². The molecule has 14 heavy (non-hydrogen) atoms. The first kappa shape index (κ1) is 8.43. The van der Waals surface area contributed by atoms with Crippen molar-refractivity contribution in [1.82, 2.24) is 4.98 Å². The van der Waals surface area contributed by atoms with Crippen molar-refractivity contribution in [3.8, 4) is 0 Å². The Kier molecular flexibility index (Phi) is 1.78. The monoisotopic (exact) mass is 189 g/mol. The van der Waals surface area contributed by atoms with E-state index >= 15 is 0 Å². The van der Waals surface area contributed by atoms with E-state index in [0.29, 0.717) is 11.1 Å². The number of rotatable bonds is 1. The Bertz CT molecular complexity index is 510. The number of fused-ring (bicyclic) bond motifs is 1. The highest BCUT2D eigenvalue weighted by atomic mass is 16.6. The minimum Gasteiger partial charge on any atom is -0.397 e. The van der Waals surface area contributed by atoms with Crippen molar-refractivity contribution in [3.63, 3.8) is 0 Å². The van der Waals surface area contributed by atoms with E-state index in [1.54, 1.807) is 12.3 Å². The van der Waals surface area contributed by atoms with Gasteiger partial charge in [0.1, 0.15) is 0 Å². The third-order valence-corrected chi connectivity index (χ3v) is 1.98. The average molecular weight is 189 g/mol. The number of nitro benzene ring substituents is 1. The predicted molar refractivity (Wildman–Crippen MR) is 52.8 cm³/mol. The second-order valence-electron chi connectivity index (χ2n) is 2.89. The van der Waals surface area contributed by atoms with E-state index in [9.17, 15) is 10.1 Å². The fourth-order valence-corrected chi connectivity index (χ4v) is 1.30. The first-order valence-corrected chi connectivity index (χ1v) is 3.96. The number of nitrogen functional groups attached to an aromatic ring is 1. The van der Waals surface area contributed by atoms with Crippen LogP contribution in [0.25, 0.3) is 10.8 Å². The Labute approximate surface area is 79.3 Å². The minimum absolute atomic E-state index is 0.0462. The number of benzene rings is 1. The molecule has 0 spiro atoms. The van der Waals surface area contributed by atoms with Gasteiger partial charge in [0.2, 0.25) is 0 Å². The maximum Gasteiger partial charge on any atom is 0.270 e. The molecule has 0 atom stereocenters. The molecule has 1 aromatic carbocycles. The molecule has 0 aliphatic rings. The maximum atomic E-state index is 10.5. The quantitative estimate of drug-likeness (QED) is 0.547. The van der Waals surface area contributed by atoms with Crippen LogP contribution in [0.2, 0.25) is 0 Å². The fraction of sp³-hybridized carbons (Fsp3) is 0. The molecule has 0 saturated carbocycles. The van der Waals surface area contributed by atoms with E-state index in [-0.39, 0.29) is 5.69 Å². The summed E-state index contributed by atoms with van der Waals surface area (Å²) in [6.45, 7) is 0. The molecule has 0 fully saturated rings. The molecule has 0 amide bonds. The van der Waals surface area contributed by atoms with Gasteiger partial charge in [-0.25, -0.2) is 0 Å². The molecule has 0 radical (unpaired) electrons. The minimum atomic E-state index is -0.442. The number of pyridine rings is 1. The highest BCUT2D eigenvalue weighted by Crippen LogP contribution is 2.23. The van der Waals surface area contributed by atoms with Crippen molar-refractivity contribution < 1.29 is 4.92 Å². The lowest BCUT2D eigenvalue weighted by Crippen LogP contribution is -1.91. The van der Waals surface area contributed by atoms with Crippen LogP contribution in [0, 0.1) is 10.1 Å². The third-order valence-electron chi connectivity index (χ3n) is 1.98. The van der Waals surface area contributed by atoms with Gasteiger partial charge in [0.05, 0.1) is 16.8 Å². The van der Waals surface area contributed by atoms with Gasteiger partial charge in [0, 0.05) is 29.1 Å². The summed E-state index contributed by atoms with van der Waals surface area (Å²) in [6.07, 6.45) is 3.08. The Morgan fingerprint density at radius 2 is 2.14 bits per heavy atom. The van der Waals surface area contributed by atoms with Crippen molar-refractivity contribution >= 4 is 22.1 Å². The molecule has 2 N–H and O–H groups in total. The number of hydrogen-bond donors (Lipinski definition) is 1. The highest BCUT2D eigenvalue weighted by molar-refractivity contribution is 5.93. The zero-order valence-electron chi connectivity index (χ0n) is 7.18. The summed E-state index contributed by atoms with van der Waals surface area (Å²) in [5.41, 5.74) is 6.22. The van der Waals surface area contributed by atoms with Crippen LogP contribution >= 0.6 is 0 Å². The van der Waals surface area contributed by atoms with E-state index in [0.717, 1.165) is 5.39 Å². The van der Waals surface area contributed by atoms with Crippen LogP contribution in [0.3, 0.4) is 0 Å². The summed E-state index contributed by atoms with van der Waals surface area (Å²) in [7, 11) is 0. The predicted octanol–water partition coefficient (Wildman–Crippen LogP) is 1.73. The van der Waals surface area contributed by atoms with Crippen LogP contribution in [0.1, 0.15) is 0 Å². The topological polar surface area (TPSA) is 82.0 Å². The summed E-state index contributed by atoms with van der Waals surface area (Å²) in [6, 6.07) is 4.52. The first-order valence-electron chi connectivity index (χ1n) is 3.96. The molecule has 2 aromatic rings. The van der Waals surface area contributed by atoms with Crippen molar-refractivity contribution in [2.24, 2.45) is 0 Å². The molecule has 5 heteroatoms. The summed E-state index contributed by atoms with van der Waals surface area (Å²) >= 11 is 0. The molecule has 0 aliphatic heterocycles. The second-order valence-corrected chi connectivity index (χ2v) is 2.89. The van der Waals surface area contributed by atoms with Crippen molar-refractivity contribution in [2.45, 2.75) is 0 Å². The zero-order chi connectivity index (χ0) is 10.1. The highest BCUT2D eigenvalue weighted by Gasteiger charge is 2.06. The summed E-state index contributed by atoms with van der Waals surface area (Å²) in [4.78, 5) is 13.9. The van der Waals surface area contributed by atoms with E-state index in [1.807, 2.05) is 0 Å². The molecule has 1 heterocycles. The van der Waals surface area contributed by atoms with E-state index < -0.39 is 4.92 Å². The Hall–Kier alpha value is -2.17.